The van der Waals surface area contributed by atoms with Crippen LogP contribution in [0.4, 0.5) is 10.6 Å². The molecule has 13 heteroatoms. The number of hydrogen-bond acceptors (Lipinski definition) is 8. The van der Waals surface area contributed by atoms with Gasteiger partial charge in [-0.2, -0.15) is 0 Å². The Bertz CT molecular complexity index is 1570. The van der Waals surface area contributed by atoms with Crippen LogP contribution in [0.25, 0.3) is 4.85 Å². The van der Waals surface area contributed by atoms with E-state index in [1.54, 1.807) is 48.8 Å². The number of sulfonamides is 1. The minimum Gasteiger partial charge on any atom is -0.444 e. The van der Waals surface area contributed by atoms with E-state index in [0.717, 1.165) is 5.56 Å². The Balaban J connectivity index is 1.76. The fourth-order valence-corrected chi connectivity index (χ4v) is 5.57. The zero-order chi connectivity index (χ0) is 29.9. The summed E-state index contributed by atoms with van der Waals surface area (Å²) < 4.78 is 29.7. The summed E-state index contributed by atoms with van der Waals surface area (Å²) in [5.41, 5.74) is 1.01. The molecule has 4 rings (SSSR count). The van der Waals surface area contributed by atoms with Gasteiger partial charge in [0.1, 0.15) is 17.5 Å². The number of carbonyl (C=O) groups excluding carboxylic acids is 2. The molecule has 0 spiro atoms. The normalized spacial score (nSPS) is 17.2. The van der Waals surface area contributed by atoms with E-state index in [9.17, 15) is 18.0 Å². The topological polar surface area (TPSA) is 143 Å². The number of nitrogens with zero attached hydrogens (tertiary/aromatic N) is 6. The molecule has 216 valence electrons. The first-order valence-electron chi connectivity index (χ1n) is 13.1. The quantitative estimate of drug-likeness (QED) is 0.428. The highest BCUT2D eigenvalue weighted by Crippen LogP contribution is 2.29. The van der Waals surface area contributed by atoms with Gasteiger partial charge in [0.15, 0.2) is 0 Å². The summed E-state index contributed by atoms with van der Waals surface area (Å²) in [6, 6.07) is 5.84. The first-order valence-corrected chi connectivity index (χ1v) is 14.7. The molecule has 0 radical (unpaired) electrons. The van der Waals surface area contributed by atoms with E-state index < -0.39 is 21.7 Å². The zero-order valence-corrected chi connectivity index (χ0v) is 24.4. The maximum Gasteiger partial charge on any atom is 0.410 e. The predicted octanol–water partition coefficient (Wildman–Crippen LogP) is 1.77. The molecule has 1 fully saturated rings. The van der Waals surface area contributed by atoms with Gasteiger partial charge in [-0.05, 0) is 45.2 Å². The van der Waals surface area contributed by atoms with Crippen molar-refractivity contribution in [3.63, 3.8) is 0 Å². The second-order valence-corrected chi connectivity index (χ2v) is 12.4. The Kier molecular flexibility index (Phi) is 8.52. The minimum absolute atomic E-state index is 0.0869. The van der Waals surface area contributed by atoms with Crippen LogP contribution < -0.4 is 10.0 Å². The molecule has 1 saturated heterocycles. The molecule has 0 unspecified atom stereocenters. The fraction of sp³-hybridized carbons (Fsp3) is 0.464. The number of aromatic nitrogens is 2. The van der Waals surface area contributed by atoms with Gasteiger partial charge in [-0.1, -0.05) is 18.1 Å². The van der Waals surface area contributed by atoms with Crippen LogP contribution in [-0.4, -0.2) is 84.6 Å². The lowest BCUT2D eigenvalue weighted by Gasteiger charge is -2.40. The van der Waals surface area contributed by atoms with Crippen LogP contribution in [0.2, 0.25) is 0 Å². The summed E-state index contributed by atoms with van der Waals surface area (Å²) in [7, 11) is -4.00. The molecule has 0 bridgehead atoms. The summed E-state index contributed by atoms with van der Waals surface area (Å²) >= 11 is 0. The van der Waals surface area contributed by atoms with Crippen LogP contribution in [0.1, 0.15) is 50.3 Å². The molecule has 1 aromatic carbocycles. The lowest BCUT2D eigenvalue weighted by atomic mass is 10.0. The lowest BCUT2D eigenvalue weighted by molar-refractivity contribution is -0.131. The Morgan fingerprint density at radius 2 is 1.90 bits per heavy atom. The number of piperazine rings is 1. The Hall–Kier alpha value is -4.20. The van der Waals surface area contributed by atoms with Crippen LogP contribution in [0, 0.1) is 18.4 Å². The molecule has 12 nitrogen and oxygen atoms in total. The van der Waals surface area contributed by atoms with Crippen LogP contribution in [0.15, 0.2) is 29.2 Å². The molecule has 0 saturated carbocycles. The number of carbonyl (C=O) groups is 2. The smallest absolute Gasteiger partial charge is 0.410 e. The zero-order valence-electron chi connectivity index (χ0n) is 23.5. The number of ether oxygens (including phenoxy) is 1. The van der Waals surface area contributed by atoms with Crippen LogP contribution in [0.5, 0.6) is 0 Å². The SMILES string of the molecule is [C-]#[N+]C[C@H]1CN(c2nc(C#Cc3ccccc3S(N)(=O)=O)nc3c2CCN(C(=O)OC(C)(C)C)C3)CCN1C(C)=O. The van der Waals surface area contributed by atoms with Crippen molar-refractivity contribution in [1.29, 1.82) is 0 Å². The molecule has 41 heavy (non-hydrogen) atoms. The van der Waals surface area contributed by atoms with Crippen LogP contribution >= 0.6 is 0 Å². The Morgan fingerprint density at radius 3 is 2.56 bits per heavy atom. The molecule has 2 N–H and O–H groups in total. The second kappa shape index (κ2) is 11.7. The number of amides is 2. The third-order valence-electron chi connectivity index (χ3n) is 6.69. The van der Waals surface area contributed by atoms with Gasteiger partial charge in [0.05, 0.1) is 17.1 Å². The van der Waals surface area contributed by atoms with Crippen molar-refractivity contribution in [2.45, 2.75) is 57.2 Å². The second-order valence-electron chi connectivity index (χ2n) is 10.9. The summed E-state index contributed by atoms with van der Waals surface area (Å²) in [6.45, 7) is 16.4. The standard InChI is InChI=1S/C28H33N7O5S/c1-19(36)35-15-14-33(17-21(35)16-30-5)26-22-12-13-34(27(37)40-28(2,3)4)18-23(22)31-25(32-26)11-10-20-8-6-7-9-24(20)41(29,38)39/h6-9,21H,12-18H2,1-4H3,(H2,29,38,39)/t21-/m0/s1. The largest absolute Gasteiger partial charge is 0.444 e. The molecule has 2 aromatic rings. The summed E-state index contributed by atoms with van der Waals surface area (Å²) in [6.07, 6.45) is 0.0249. The molecule has 1 atom stereocenters. The maximum absolute atomic E-state index is 12.8. The molecule has 2 amide bonds. The van der Waals surface area contributed by atoms with Gasteiger partial charge in [0, 0.05) is 44.2 Å². The lowest BCUT2D eigenvalue weighted by Crippen LogP contribution is -2.56. The number of nitrogens with two attached hydrogens (primary N) is 1. The molecule has 2 aliphatic rings. The van der Waals surface area contributed by atoms with Gasteiger partial charge in [0.25, 0.3) is 0 Å². The van der Waals surface area contributed by atoms with Gasteiger partial charge >= 0.3 is 6.09 Å². The number of primary sulfonamides is 1. The molecule has 1 aromatic heterocycles. The first-order chi connectivity index (χ1) is 19.3. The van der Waals surface area contributed by atoms with E-state index >= 15 is 0 Å². The molecule has 3 heterocycles. The van der Waals surface area contributed by atoms with Crippen molar-refractivity contribution in [2.75, 3.05) is 37.6 Å². The highest BCUT2D eigenvalue weighted by Gasteiger charge is 2.35. The summed E-state index contributed by atoms with van der Waals surface area (Å²) in [5, 5.41) is 5.36. The van der Waals surface area contributed by atoms with Crippen molar-refractivity contribution in [1.82, 2.24) is 19.8 Å². The Morgan fingerprint density at radius 1 is 1.17 bits per heavy atom. The van der Waals surface area contributed by atoms with Crippen molar-refractivity contribution < 1.29 is 22.7 Å². The van der Waals surface area contributed by atoms with Crippen molar-refractivity contribution in [3.05, 3.63) is 58.3 Å². The predicted molar refractivity (Wildman–Crippen MR) is 151 cm³/mol. The molecule has 0 aliphatic carbocycles. The van der Waals surface area contributed by atoms with Gasteiger partial charge in [0.2, 0.25) is 28.3 Å². The summed E-state index contributed by atoms with van der Waals surface area (Å²) in [4.78, 5) is 43.2. The van der Waals surface area contributed by atoms with Gasteiger partial charge < -0.3 is 24.3 Å². The number of rotatable bonds is 3. The average Bonchev–Trinajstić information content (AvgIpc) is 2.89. The minimum atomic E-state index is -4.00. The van der Waals surface area contributed by atoms with Gasteiger partial charge in [-0.15, -0.1) is 0 Å². The van der Waals surface area contributed by atoms with Crippen molar-refractivity contribution in [3.8, 4) is 11.8 Å². The highest BCUT2D eigenvalue weighted by molar-refractivity contribution is 7.89. The van der Waals surface area contributed by atoms with E-state index in [1.807, 2.05) is 4.90 Å². The van der Waals surface area contributed by atoms with Crippen LogP contribution in [-0.2, 0) is 32.5 Å². The van der Waals surface area contributed by atoms with E-state index in [1.165, 1.54) is 13.0 Å². The fourth-order valence-electron chi connectivity index (χ4n) is 4.88. The molecular formula is C28H33N7O5S. The third-order valence-corrected chi connectivity index (χ3v) is 7.66. The van der Waals surface area contributed by atoms with E-state index in [2.05, 4.69) is 21.7 Å². The third kappa shape index (κ3) is 7.12. The highest BCUT2D eigenvalue weighted by atomic mass is 32.2. The van der Waals surface area contributed by atoms with E-state index in [0.29, 0.717) is 44.1 Å². The maximum atomic E-state index is 12.8. The monoisotopic (exact) mass is 579 g/mol. The first kappa shape index (κ1) is 29.8. The van der Waals surface area contributed by atoms with Crippen molar-refractivity contribution >= 4 is 27.8 Å². The summed E-state index contributed by atoms with van der Waals surface area (Å²) in [5.74, 6) is 6.40. The average molecular weight is 580 g/mol. The molecule has 2 aliphatic heterocycles. The number of fused-ring (bicyclic) bond motifs is 1. The molecular weight excluding hydrogens is 546 g/mol. The Labute approximate surface area is 240 Å². The van der Waals surface area contributed by atoms with E-state index in [4.69, 9.17) is 21.4 Å². The number of anilines is 1. The van der Waals surface area contributed by atoms with Gasteiger partial charge in [-0.3, -0.25) is 4.79 Å². The number of benzene rings is 1. The van der Waals surface area contributed by atoms with Crippen molar-refractivity contribution in [2.24, 2.45) is 5.14 Å². The van der Waals surface area contributed by atoms with E-state index in [-0.39, 0.29) is 41.3 Å². The van der Waals surface area contributed by atoms with Gasteiger partial charge in [-0.25, -0.2) is 34.9 Å². The van der Waals surface area contributed by atoms with Crippen LogP contribution in [0.3, 0.4) is 0 Å². The number of hydrogen-bond donors (Lipinski definition) is 1.